The largest absolute Gasteiger partial charge is 0.423 e. The van der Waals surface area contributed by atoms with Gasteiger partial charge in [-0.05, 0) is 46.5 Å². The molecule has 0 saturated carbocycles. The molecule has 1 aromatic heterocycles. The molecular formula is C22H19NO2. The fraction of sp³-hybridized carbons (Fsp3) is 0.136. The predicted octanol–water partition coefficient (Wildman–Crippen LogP) is 5.12. The molecule has 0 radical (unpaired) electrons. The minimum atomic E-state index is -0.319. The first-order valence-electron chi connectivity index (χ1n) is 8.52. The Morgan fingerprint density at radius 2 is 1.76 bits per heavy atom. The molecule has 0 fully saturated rings. The van der Waals surface area contributed by atoms with Gasteiger partial charge in [0, 0.05) is 23.7 Å². The average Bonchev–Trinajstić information content (AvgIpc) is 2.66. The van der Waals surface area contributed by atoms with E-state index in [0.29, 0.717) is 12.1 Å². The van der Waals surface area contributed by atoms with E-state index >= 15 is 0 Å². The van der Waals surface area contributed by atoms with Gasteiger partial charge in [0.2, 0.25) is 0 Å². The molecule has 25 heavy (non-hydrogen) atoms. The van der Waals surface area contributed by atoms with Gasteiger partial charge in [-0.1, -0.05) is 49.4 Å². The maximum Gasteiger partial charge on any atom is 0.336 e. The second kappa shape index (κ2) is 6.44. The molecule has 1 heterocycles. The Bertz CT molecular complexity index is 1090. The van der Waals surface area contributed by atoms with Gasteiger partial charge in [-0.25, -0.2) is 4.79 Å². The molecule has 0 aliphatic heterocycles. The van der Waals surface area contributed by atoms with Gasteiger partial charge in [-0.2, -0.15) is 0 Å². The molecule has 4 rings (SSSR count). The zero-order valence-electron chi connectivity index (χ0n) is 14.1. The minimum Gasteiger partial charge on any atom is -0.423 e. The van der Waals surface area contributed by atoms with Crippen LogP contribution in [0, 0.1) is 0 Å². The summed E-state index contributed by atoms with van der Waals surface area (Å²) < 4.78 is 5.41. The van der Waals surface area contributed by atoms with Crippen LogP contribution in [0.25, 0.3) is 21.7 Å². The average molecular weight is 329 g/mol. The van der Waals surface area contributed by atoms with Crippen molar-refractivity contribution in [2.24, 2.45) is 0 Å². The van der Waals surface area contributed by atoms with E-state index in [4.69, 9.17) is 4.42 Å². The van der Waals surface area contributed by atoms with Crippen LogP contribution in [0.3, 0.4) is 0 Å². The monoisotopic (exact) mass is 329 g/mol. The third-order valence-electron chi connectivity index (χ3n) is 4.56. The molecule has 0 amide bonds. The van der Waals surface area contributed by atoms with E-state index in [1.165, 1.54) is 5.56 Å². The number of benzene rings is 3. The summed E-state index contributed by atoms with van der Waals surface area (Å²) in [5, 5.41) is 6.65. The Morgan fingerprint density at radius 3 is 2.56 bits per heavy atom. The molecule has 0 aliphatic rings. The highest BCUT2D eigenvalue weighted by atomic mass is 16.4. The number of anilines is 1. The first-order valence-corrected chi connectivity index (χ1v) is 8.52. The molecule has 0 aliphatic carbocycles. The first kappa shape index (κ1) is 15.5. The summed E-state index contributed by atoms with van der Waals surface area (Å²) >= 11 is 0. The van der Waals surface area contributed by atoms with Gasteiger partial charge in [0.1, 0.15) is 5.58 Å². The van der Waals surface area contributed by atoms with E-state index in [0.717, 1.165) is 33.8 Å². The normalized spacial score (nSPS) is 11.1. The standard InChI is InChI=1S/C22H19NO2/c1-2-15-7-10-18(11-8-15)23-14-17-13-21(24)25-20-12-9-16-5-3-4-6-19(16)22(17)20/h3-13,23H,2,14H2,1H3. The summed E-state index contributed by atoms with van der Waals surface area (Å²) in [4.78, 5) is 11.9. The Kier molecular flexibility index (Phi) is 3.98. The van der Waals surface area contributed by atoms with Crippen LogP contribution in [0.1, 0.15) is 18.1 Å². The van der Waals surface area contributed by atoms with Crippen molar-refractivity contribution >= 4 is 27.4 Å². The van der Waals surface area contributed by atoms with Gasteiger partial charge in [-0.3, -0.25) is 0 Å². The molecule has 0 atom stereocenters. The van der Waals surface area contributed by atoms with E-state index in [1.54, 1.807) is 6.07 Å². The number of fused-ring (bicyclic) bond motifs is 3. The SMILES string of the molecule is CCc1ccc(NCc2cc(=O)oc3ccc4ccccc4c23)cc1. The van der Waals surface area contributed by atoms with Crippen molar-refractivity contribution in [2.45, 2.75) is 19.9 Å². The smallest absolute Gasteiger partial charge is 0.336 e. The molecule has 1 N–H and O–H groups in total. The number of nitrogens with one attached hydrogen (secondary N) is 1. The molecule has 0 spiro atoms. The second-order valence-electron chi connectivity index (χ2n) is 6.15. The lowest BCUT2D eigenvalue weighted by Gasteiger charge is -2.11. The van der Waals surface area contributed by atoms with E-state index in [-0.39, 0.29) is 5.63 Å². The number of hydrogen-bond acceptors (Lipinski definition) is 3. The van der Waals surface area contributed by atoms with Crippen LogP contribution in [0.2, 0.25) is 0 Å². The zero-order chi connectivity index (χ0) is 17.2. The van der Waals surface area contributed by atoms with Crippen molar-refractivity contribution in [3.63, 3.8) is 0 Å². The van der Waals surface area contributed by atoms with Gasteiger partial charge < -0.3 is 9.73 Å². The molecule has 0 bridgehead atoms. The van der Waals surface area contributed by atoms with Crippen LogP contribution in [-0.4, -0.2) is 0 Å². The zero-order valence-corrected chi connectivity index (χ0v) is 14.1. The molecule has 0 saturated heterocycles. The predicted molar refractivity (Wildman–Crippen MR) is 103 cm³/mol. The van der Waals surface area contributed by atoms with Crippen molar-refractivity contribution in [3.05, 3.63) is 88.3 Å². The quantitative estimate of drug-likeness (QED) is 0.417. The molecule has 3 aromatic carbocycles. The topological polar surface area (TPSA) is 42.2 Å². The molecule has 3 nitrogen and oxygen atoms in total. The Balaban J connectivity index is 1.77. The molecule has 0 unspecified atom stereocenters. The Labute approximate surface area is 145 Å². The lowest BCUT2D eigenvalue weighted by Crippen LogP contribution is -2.06. The molecular weight excluding hydrogens is 310 g/mol. The van der Waals surface area contributed by atoms with Crippen LogP contribution in [-0.2, 0) is 13.0 Å². The highest BCUT2D eigenvalue weighted by Gasteiger charge is 2.09. The summed E-state index contributed by atoms with van der Waals surface area (Å²) in [6.07, 6.45) is 1.02. The van der Waals surface area contributed by atoms with Crippen LogP contribution >= 0.6 is 0 Å². The van der Waals surface area contributed by atoms with Crippen LogP contribution in [0.15, 0.2) is 75.9 Å². The van der Waals surface area contributed by atoms with Gasteiger partial charge in [0.05, 0.1) is 0 Å². The van der Waals surface area contributed by atoms with Gasteiger partial charge >= 0.3 is 5.63 Å². The highest BCUT2D eigenvalue weighted by molar-refractivity contribution is 6.07. The van der Waals surface area contributed by atoms with Crippen molar-refractivity contribution in [1.29, 1.82) is 0 Å². The van der Waals surface area contributed by atoms with Crippen molar-refractivity contribution in [2.75, 3.05) is 5.32 Å². The first-order chi connectivity index (χ1) is 12.2. The van der Waals surface area contributed by atoms with Gasteiger partial charge in [0.15, 0.2) is 0 Å². The van der Waals surface area contributed by atoms with Crippen molar-refractivity contribution < 1.29 is 4.42 Å². The van der Waals surface area contributed by atoms with Gasteiger partial charge in [0.25, 0.3) is 0 Å². The van der Waals surface area contributed by atoms with Crippen molar-refractivity contribution in [1.82, 2.24) is 0 Å². The maximum atomic E-state index is 11.9. The summed E-state index contributed by atoms with van der Waals surface area (Å²) in [6.45, 7) is 2.71. The van der Waals surface area contributed by atoms with E-state index in [1.807, 2.05) is 24.3 Å². The van der Waals surface area contributed by atoms with E-state index in [2.05, 4.69) is 48.6 Å². The third kappa shape index (κ3) is 3.01. The van der Waals surface area contributed by atoms with E-state index in [9.17, 15) is 4.79 Å². The number of rotatable bonds is 4. The van der Waals surface area contributed by atoms with Crippen LogP contribution < -0.4 is 10.9 Å². The molecule has 124 valence electrons. The lowest BCUT2D eigenvalue weighted by atomic mass is 10.0. The summed E-state index contributed by atoms with van der Waals surface area (Å²) in [5.74, 6) is 0. The van der Waals surface area contributed by atoms with Crippen molar-refractivity contribution in [3.8, 4) is 0 Å². The third-order valence-corrected chi connectivity index (χ3v) is 4.56. The fourth-order valence-corrected chi connectivity index (χ4v) is 3.22. The molecule has 3 heteroatoms. The van der Waals surface area contributed by atoms with E-state index < -0.39 is 0 Å². The number of hydrogen-bond donors (Lipinski definition) is 1. The minimum absolute atomic E-state index is 0.319. The highest BCUT2D eigenvalue weighted by Crippen LogP contribution is 2.27. The molecule has 4 aromatic rings. The summed E-state index contributed by atoms with van der Waals surface area (Å²) in [6, 6.07) is 22.0. The fourth-order valence-electron chi connectivity index (χ4n) is 3.22. The maximum absolute atomic E-state index is 11.9. The Hall–Kier alpha value is -3.07. The van der Waals surface area contributed by atoms with Crippen LogP contribution in [0.5, 0.6) is 0 Å². The lowest BCUT2D eigenvalue weighted by molar-refractivity contribution is 0.559. The van der Waals surface area contributed by atoms with Crippen LogP contribution in [0.4, 0.5) is 5.69 Å². The Morgan fingerprint density at radius 1 is 0.960 bits per heavy atom. The number of aryl methyl sites for hydroxylation is 1. The second-order valence-corrected chi connectivity index (χ2v) is 6.15. The summed E-state index contributed by atoms with van der Waals surface area (Å²) in [7, 11) is 0. The van der Waals surface area contributed by atoms with Gasteiger partial charge in [-0.15, -0.1) is 0 Å². The summed E-state index contributed by atoms with van der Waals surface area (Å²) in [5.41, 5.74) is 3.61.